The number of carbonyl (C=O) groups is 1. The van der Waals surface area contributed by atoms with Gasteiger partial charge in [-0.2, -0.15) is 0 Å². The smallest absolute Gasteiger partial charge is 0.309 e. The Labute approximate surface area is 134 Å². The van der Waals surface area contributed by atoms with E-state index in [4.69, 9.17) is 4.74 Å². The van der Waals surface area contributed by atoms with Gasteiger partial charge < -0.3 is 4.74 Å². The Balaban J connectivity index is 2.50. The van der Waals surface area contributed by atoms with Crippen molar-refractivity contribution >= 4 is 5.97 Å². The minimum Gasteiger partial charge on any atom is -0.458 e. The predicted molar refractivity (Wildman–Crippen MR) is 92.4 cm³/mol. The van der Waals surface area contributed by atoms with Gasteiger partial charge in [-0.3, -0.25) is 4.79 Å². The van der Waals surface area contributed by atoms with Crippen molar-refractivity contribution in [1.82, 2.24) is 0 Å². The summed E-state index contributed by atoms with van der Waals surface area (Å²) in [5.74, 6) is -0.210. The molecule has 0 aliphatic carbocycles. The minimum atomic E-state index is -0.207. The molecule has 0 fully saturated rings. The topological polar surface area (TPSA) is 26.3 Å². The number of benzene rings is 1. The highest BCUT2D eigenvalue weighted by atomic mass is 16.5. The van der Waals surface area contributed by atoms with Crippen LogP contribution in [0.3, 0.4) is 0 Å². The molecule has 118 valence electrons. The van der Waals surface area contributed by atoms with E-state index in [0.29, 0.717) is 6.42 Å². The van der Waals surface area contributed by atoms with Gasteiger partial charge in [0.2, 0.25) is 0 Å². The molecule has 2 nitrogen and oxygen atoms in total. The van der Waals surface area contributed by atoms with Crippen molar-refractivity contribution in [1.29, 1.82) is 0 Å². The number of esters is 1. The van der Waals surface area contributed by atoms with E-state index in [9.17, 15) is 4.79 Å². The first-order chi connectivity index (χ1) is 10.7. The molecule has 2 atom stereocenters. The third kappa shape index (κ3) is 6.57. The molecule has 0 amide bonds. The first-order valence-electron chi connectivity index (χ1n) is 7.89. The molecule has 0 aromatic heterocycles. The summed E-state index contributed by atoms with van der Waals surface area (Å²) in [6.45, 7) is 5.91. The number of hydrogen-bond acceptors (Lipinski definition) is 2. The molecule has 0 radical (unpaired) electrons. The van der Waals surface area contributed by atoms with Crippen LogP contribution in [0.4, 0.5) is 0 Å². The monoisotopic (exact) mass is 298 g/mol. The molecule has 1 unspecified atom stereocenters. The highest BCUT2D eigenvalue weighted by Gasteiger charge is 2.19. The quantitative estimate of drug-likeness (QED) is 0.475. The van der Waals surface area contributed by atoms with Crippen molar-refractivity contribution in [3.05, 3.63) is 72.4 Å². The predicted octanol–water partition coefficient (Wildman–Crippen LogP) is 5.40. The Bertz CT molecular complexity index is 512. The molecule has 1 aromatic rings. The third-order valence-corrected chi connectivity index (χ3v) is 3.47. The SMILES string of the molecule is CC=CC=CC=CCC(CC)C(=O)O[C@H](C)c1ccccc1. The van der Waals surface area contributed by atoms with Crippen LogP contribution < -0.4 is 0 Å². The van der Waals surface area contributed by atoms with Crippen LogP contribution in [-0.4, -0.2) is 5.97 Å². The molecule has 0 aliphatic rings. The van der Waals surface area contributed by atoms with E-state index in [-0.39, 0.29) is 18.0 Å². The average molecular weight is 298 g/mol. The Morgan fingerprint density at radius 1 is 1.14 bits per heavy atom. The lowest BCUT2D eigenvalue weighted by Gasteiger charge is -2.17. The number of ether oxygens (including phenoxy) is 1. The molecule has 0 bridgehead atoms. The van der Waals surface area contributed by atoms with Gasteiger partial charge in [0.25, 0.3) is 0 Å². The van der Waals surface area contributed by atoms with Gasteiger partial charge in [0, 0.05) is 0 Å². The van der Waals surface area contributed by atoms with E-state index < -0.39 is 0 Å². The van der Waals surface area contributed by atoms with E-state index in [1.54, 1.807) is 0 Å². The molecule has 1 aromatic carbocycles. The number of hydrogen-bond donors (Lipinski definition) is 0. The maximum atomic E-state index is 12.2. The highest BCUT2D eigenvalue weighted by molar-refractivity contribution is 5.72. The standard InChI is InChI=1S/C20H26O2/c1-4-6-7-8-9-11-14-18(5-2)20(21)22-17(3)19-15-12-10-13-16-19/h4,6-13,15-18H,5,14H2,1-3H3/t17-,18?/m1/s1. The molecular weight excluding hydrogens is 272 g/mol. The second-order valence-electron chi connectivity index (χ2n) is 5.17. The van der Waals surface area contributed by atoms with E-state index in [1.165, 1.54) is 0 Å². The van der Waals surface area contributed by atoms with E-state index in [1.807, 2.05) is 87.6 Å². The summed E-state index contributed by atoms with van der Waals surface area (Å²) in [5.41, 5.74) is 1.02. The molecular formula is C20H26O2. The summed E-state index contributed by atoms with van der Waals surface area (Å²) < 4.78 is 5.58. The summed E-state index contributed by atoms with van der Waals surface area (Å²) in [4.78, 5) is 12.2. The summed E-state index contributed by atoms with van der Waals surface area (Å²) in [6, 6.07) is 9.82. The van der Waals surface area contributed by atoms with Gasteiger partial charge in [-0.25, -0.2) is 0 Å². The zero-order valence-electron chi connectivity index (χ0n) is 13.7. The van der Waals surface area contributed by atoms with Gasteiger partial charge in [0.1, 0.15) is 6.10 Å². The fourth-order valence-electron chi connectivity index (χ4n) is 2.05. The van der Waals surface area contributed by atoms with Crippen molar-refractivity contribution in [3.8, 4) is 0 Å². The van der Waals surface area contributed by atoms with Crippen molar-refractivity contribution in [3.63, 3.8) is 0 Å². The van der Waals surface area contributed by atoms with Crippen LogP contribution in [0.25, 0.3) is 0 Å². The largest absolute Gasteiger partial charge is 0.458 e. The third-order valence-electron chi connectivity index (χ3n) is 3.47. The summed E-state index contributed by atoms with van der Waals surface area (Å²) in [7, 11) is 0. The van der Waals surface area contributed by atoms with Gasteiger partial charge >= 0.3 is 5.97 Å². The van der Waals surface area contributed by atoms with Crippen LogP contribution in [0.15, 0.2) is 66.8 Å². The van der Waals surface area contributed by atoms with Gasteiger partial charge in [-0.15, -0.1) is 0 Å². The number of allylic oxidation sites excluding steroid dienone is 6. The molecule has 0 saturated carbocycles. The second kappa shape index (κ2) is 10.6. The summed E-state index contributed by atoms with van der Waals surface area (Å²) >= 11 is 0. The lowest BCUT2D eigenvalue weighted by molar-refractivity contribution is -0.153. The van der Waals surface area contributed by atoms with Crippen LogP contribution in [-0.2, 0) is 9.53 Å². The molecule has 2 heteroatoms. The lowest BCUT2D eigenvalue weighted by Crippen LogP contribution is -2.18. The molecule has 1 rings (SSSR count). The van der Waals surface area contributed by atoms with Crippen molar-refractivity contribution < 1.29 is 9.53 Å². The number of carbonyl (C=O) groups excluding carboxylic acids is 1. The van der Waals surface area contributed by atoms with Crippen LogP contribution in [0.2, 0.25) is 0 Å². The van der Waals surface area contributed by atoms with Crippen molar-refractivity contribution in [2.45, 2.75) is 39.7 Å². The van der Waals surface area contributed by atoms with E-state index >= 15 is 0 Å². The zero-order chi connectivity index (χ0) is 16.2. The molecule has 22 heavy (non-hydrogen) atoms. The van der Waals surface area contributed by atoms with Gasteiger partial charge in [-0.05, 0) is 32.3 Å². The van der Waals surface area contributed by atoms with E-state index in [2.05, 4.69) is 0 Å². The first-order valence-corrected chi connectivity index (χ1v) is 7.89. The minimum absolute atomic E-state index is 0.0856. The molecule has 0 N–H and O–H groups in total. The molecule has 0 saturated heterocycles. The maximum absolute atomic E-state index is 12.2. The van der Waals surface area contributed by atoms with Crippen molar-refractivity contribution in [2.75, 3.05) is 0 Å². The van der Waals surface area contributed by atoms with E-state index in [0.717, 1.165) is 12.0 Å². The fourth-order valence-corrected chi connectivity index (χ4v) is 2.05. The Hall–Kier alpha value is -2.09. The summed E-state index contributed by atoms with van der Waals surface area (Å²) in [5, 5.41) is 0. The Morgan fingerprint density at radius 2 is 1.82 bits per heavy atom. The van der Waals surface area contributed by atoms with Crippen LogP contribution in [0, 0.1) is 5.92 Å². The normalized spacial score (nSPS) is 14.7. The van der Waals surface area contributed by atoms with Crippen molar-refractivity contribution in [2.24, 2.45) is 5.92 Å². The molecule has 0 aliphatic heterocycles. The van der Waals surface area contributed by atoms with Crippen LogP contribution in [0.5, 0.6) is 0 Å². The fraction of sp³-hybridized carbons (Fsp3) is 0.350. The highest BCUT2D eigenvalue weighted by Crippen LogP contribution is 2.20. The van der Waals surface area contributed by atoms with Crippen LogP contribution >= 0.6 is 0 Å². The maximum Gasteiger partial charge on any atom is 0.309 e. The molecule has 0 heterocycles. The van der Waals surface area contributed by atoms with Crippen LogP contribution in [0.1, 0.15) is 45.3 Å². The Kier molecular flexibility index (Phi) is 8.66. The second-order valence-corrected chi connectivity index (χ2v) is 5.17. The first kappa shape index (κ1) is 18.0. The van der Waals surface area contributed by atoms with Gasteiger partial charge in [0.05, 0.1) is 5.92 Å². The lowest BCUT2D eigenvalue weighted by atomic mass is 10.0. The van der Waals surface area contributed by atoms with Gasteiger partial charge in [-0.1, -0.05) is 73.7 Å². The summed E-state index contributed by atoms with van der Waals surface area (Å²) in [6.07, 6.45) is 13.1. The Morgan fingerprint density at radius 3 is 2.45 bits per heavy atom. The zero-order valence-corrected chi connectivity index (χ0v) is 13.7. The molecule has 0 spiro atoms. The average Bonchev–Trinajstić information content (AvgIpc) is 2.55. The number of rotatable bonds is 8. The van der Waals surface area contributed by atoms with Gasteiger partial charge in [0.15, 0.2) is 0 Å².